The number of benzene rings is 2. The van der Waals surface area contributed by atoms with E-state index < -0.39 is 5.97 Å². The standard InChI is InChI=1S/C23H24N2O5/c1-5-28-23(26)19-8-6-17(10-22(19)29-14-27-4)25-13-16(12-24)20-11-18(30-15(2)3)7-9-21(20)25/h6-11,13,15H,5,14H2,1-4H3. The lowest BCUT2D eigenvalue weighted by atomic mass is 10.1. The molecule has 0 atom stereocenters. The average Bonchev–Trinajstić information content (AvgIpc) is 3.09. The summed E-state index contributed by atoms with van der Waals surface area (Å²) in [5.74, 6) is 0.571. The van der Waals surface area contributed by atoms with Crippen molar-refractivity contribution in [3.63, 3.8) is 0 Å². The molecule has 0 spiro atoms. The molecule has 0 amide bonds. The van der Waals surface area contributed by atoms with Gasteiger partial charge < -0.3 is 23.5 Å². The summed E-state index contributed by atoms with van der Waals surface area (Å²) in [5, 5.41) is 10.4. The first kappa shape index (κ1) is 21.2. The van der Waals surface area contributed by atoms with Gasteiger partial charge in [-0.1, -0.05) is 0 Å². The van der Waals surface area contributed by atoms with Gasteiger partial charge in [0.15, 0.2) is 6.79 Å². The summed E-state index contributed by atoms with van der Waals surface area (Å²) >= 11 is 0. The van der Waals surface area contributed by atoms with Crippen molar-refractivity contribution >= 4 is 16.9 Å². The number of nitriles is 1. The van der Waals surface area contributed by atoms with Crippen LogP contribution in [0, 0.1) is 11.3 Å². The van der Waals surface area contributed by atoms with E-state index in [1.54, 1.807) is 31.3 Å². The number of fused-ring (bicyclic) bond motifs is 1. The predicted octanol–water partition coefficient (Wildman–Crippen LogP) is 4.45. The van der Waals surface area contributed by atoms with Crippen LogP contribution in [0.1, 0.15) is 36.7 Å². The van der Waals surface area contributed by atoms with Gasteiger partial charge in [-0.3, -0.25) is 0 Å². The SMILES string of the molecule is CCOC(=O)c1ccc(-n2cc(C#N)c3cc(OC(C)C)ccc32)cc1OCOC. The Hall–Kier alpha value is -3.50. The Bertz CT molecular complexity index is 1090. The molecule has 2 aromatic carbocycles. The Morgan fingerprint density at radius 1 is 1.20 bits per heavy atom. The second-order valence-corrected chi connectivity index (χ2v) is 6.82. The number of aromatic nitrogens is 1. The molecule has 30 heavy (non-hydrogen) atoms. The fourth-order valence-corrected chi connectivity index (χ4v) is 3.14. The van der Waals surface area contributed by atoms with E-state index in [1.165, 1.54) is 7.11 Å². The second-order valence-electron chi connectivity index (χ2n) is 6.82. The summed E-state index contributed by atoms with van der Waals surface area (Å²) in [4.78, 5) is 12.3. The molecule has 1 heterocycles. The highest BCUT2D eigenvalue weighted by Gasteiger charge is 2.17. The molecule has 0 radical (unpaired) electrons. The minimum Gasteiger partial charge on any atom is -0.491 e. The van der Waals surface area contributed by atoms with E-state index in [0.29, 0.717) is 22.6 Å². The van der Waals surface area contributed by atoms with Crippen LogP contribution in [0.4, 0.5) is 0 Å². The van der Waals surface area contributed by atoms with Gasteiger partial charge in [0.1, 0.15) is 23.1 Å². The highest BCUT2D eigenvalue weighted by atomic mass is 16.7. The quantitative estimate of drug-likeness (QED) is 0.405. The van der Waals surface area contributed by atoms with Crippen molar-refractivity contribution in [2.45, 2.75) is 26.9 Å². The van der Waals surface area contributed by atoms with Crippen LogP contribution in [-0.4, -0.2) is 37.1 Å². The molecule has 0 bridgehead atoms. The van der Waals surface area contributed by atoms with Crippen LogP contribution in [-0.2, 0) is 9.47 Å². The van der Waals surface area contributed by atoms with Gasteiger partial charge in [0.25, 0.3) is 0 Å². The zero-order valence-corrected chi connectivity index (χ0v) is 17.5. The minimum absolute atomic E-state index is 0.0123. The normalized spacial score (nSPS) is 10.8. The molecule has 0 saturated carbocycles. The summed E-state index contributed by atoms with van der Waals surface area (Å²) in [6.07, 6.45) is 1.79. The smallest absolute Gasteiger partial charge is 0.341 e. The molecule has 3 aromatic rings. The third-order valence-electron chi connectivity index (χ3n) is 4.34. The molecule has 7 nitrogen and oxygen atoms in total. The van der Waals surface area contributed by atoms with Gasteiger partial charge in [0, 0.05) is 30.4 Å². The van der Waals surface area contributed by atoms with Crippen molar-refractivity contribution in [3.05, 3.63) is 53.7 Å². The molecule has 0 N–H and O–H groups in total. The number of hydrogen-bond donors (Lipinski definition) is 0. The van der Waals surface area contributed by atoms with E-state index >= 15 is 0 Å². The number of esters is 1. The minimum atomic E-state index is -0.472. The van der Waals surface area contributed by atoms with E-state index in [4.69, 9.17) is 18.9 Å². The number of nitrogens with zero attached hydrogens (tertiary/aromatic N) is 2. The number of carbonyl (C=O) groups is 1. The first-order valence-corrected chi connectivity index (χ1v) is 9.63. The van der Waals surface area contributed by atoms with Crippen LogP contribution in [0.5, 0.6) is 11.5 Å². The van der Waals surface area contributed by atoms with Crippen LogP contribution >= 0.6 is 0 Å². The maximum absolute atomic E-state index is 12.3. The lowest BCUT2D eigenvalue weighted by Gasteiger charge is -2.13. The average molecular weight is 408 g/mol. The van der Waals surface area contributed by atoms with Crippen molar-refractivity contribution in [3.8, 4) is 23.3 Å². The van der Waals surface area contributed by atoms with Crippen LogP contribution in [0.25, 0.3) is 16.6 Å². The third kappa shape index (κ3) is 4.39. The van der Waals surface area contributed by atoms with Gasteiger partial charge in [-0.2, -0.15) is 5.26 Å². The van der Waals surface area contributed by atoms with E-state index in [0.717, 1.165) is 16.6 Å². The molecule has 0 aliphatic heterocycles. The Labute approximate surface area is 175 Å². The van der Waals surface area contributed by atoms with Gasteiger partial charge >= 0.3 is 5.97 Å². The first-order valence-electron chi connectivity index (χ1n) is 9.63. The van der Waals surface area contributed by atoms with Gasteiger partial charge in [-0.15, -0.1) is 0 Å². The van der Waals surface area contributed by atoms with E-state index in [-0.39, 0.29) is 19.5 Å². The van der Waals surface area contributed by atoms with Crippen molar-refractivity contribution in [1.29, 1.82) is 5.26 Å². The van der Waals surface area contributed by atoms with Gasteiger partial charge in [0.05, 0.1) is 23.8 Å². The van der Waals surface area contributed by atoms with Crippen LogP contribution in [0.2, 0.25) is 0 Å². The summed E-state index contributed by atoms with van der Waals surface area (Å²) in [6, 6.07) is 13.0. The summed E-state index contributed by atoms with van der Waals surface area (Å²) < 4.78 is 23.3. The van der Waals surface area contributed by atoms with Gasteiger partial charge in [-0.05, 0) is 51.1 Å². The van der Waals surface area contributed by atoms with Crippen LogP contribution in [0.3, 0.4) is 0 Å². The fraction of sp³-hybridized carbons (Fsp3) is 0.304. The van der Waals surface area contributed by atoms with Gasteiger partial charge in [0.2, 0.25) is 0 Å². The zero-order valence-electron chi connectivity index (χ0n) is 17.5. The summed E-state index contributed by atoms with van der Waals surface area (Å²) in [5.41, 5.74) is 2.40. The fourth-order valence-electron chi connectivity index (χ4n) is 3.14. The number of rotatable bonds is 8. The second kappa shape index (κ2) is 9.33. The Morgan fingerprint density at radius 2 is 2.00 bits per heavy atom. The molecule has 7 heteroatoms. The monoisotopic (exact) mass is 408 g/mol. The lowest BCUT2D eigenvalue weighted by Crippen LogP contribution is -2.10. The van der Waals surface area contributed by atoms with Crippen molar-refractivity contribution < 1.29 is 23.7 Å². The van der Waals surface area contributed by atoms with Crippen LogP contribution in [0.15, 0.2) is 42.6 Å². The zero-order chi connectivity index (χ0) is 21.7. The maximum Gasteiger partial charge on any atom is 0.341 e. The molecular formula is C23H24N2O5. The molecular weight excluding hydrogens is 384 g/mol. The Kier molecular flexibility index (Phi) is 6.60. The molecule has 0 aliphatic carbocycles. The molecule has 0 unspecified atom stereocenters. The van der Waals surface area contributed by atoms with E-state index in [1.807, 2.05) is 36.6 Å². The Morgan fingerprint density at radius 3 is 2.67 bits per heavy atom. The van der Waals surface area contributed by atoms with E-state index in [9.17, 15) is 10.1 Å². The largest absolute Gasteiger partial charge is 0.491 e. The maximum atomic E-state index is 12.3. The highest BCUT2D eigenvalue weighted by molar-refractivity contribution is 5.93. The molecule has 0 fully saturated rings. The topological polar surface area (TPSA) is 82.7 Å². The molecule has 0 saturated heterocycles. The summed E-state index contributed by atoms with van der Waals surface area (Å²) in [7, 11) is 1.50. The van der Waals surface area contributed by atoms with Gasteiger partial charge in [-0.25, -0.2) is 4.79 Å². The first-order chi connectivity index (χ1) is 14.5. The number of methoxy groups -OCH3 is 1. The van der Waals surface area contributed by atoms with Crippen molar-refractivity contribution in [1.82, 2.24) is 4.57 Å². The number of carbonyl (C=O) groups excluding carboxylic acids is 1. The molecule has 0 aliphatic rings. The molecule has 3 rings (SSSR count). The third-order valence-corrected chi connectivity index (χ3v) is 4.34. The predicted molar refractivity (Wildman–Crippen MR) is 112 cm³/mol. The Balaban J connectivity index is 2.10. The summed E-state index contributed by atoms with van der Waals surface area (Å²) in [6.45, 7) is 5.90. The highest BCUT2D eigenvalue weighted by Crippen LogP contribution is 2.31. The lowest BCUT2D eigenvalue weighted by molar-refractivity contribution is 0.0438. The van der Waals surface area contributed by atoms with E-state index in [2.05, 4.69) is 6.07 Å². The molecule has 156 valence electrons. The van der Waals surface area contributed by atoms with Crippen molar-refractivity contribution in [2.24, 2.45) is 0 Å². The van der Waals surface area contributed by atoms with Crippen LogP contribution < -0.4 is 9.47 Å². The number of ether oxygens (including phenoxy) is 4. The van der Waals surface area contributed by atoms with Crippen molar-refractivity contribution in [2.75, 3.05) is 20.5 Å². The molecule has 1 aromatic heterocycles. The number of hydrogen-bond acceptors (Lipinski definition) is 6.